The first kappa shape index (κ1) is 18.0. The summed E-state index contributed by atoms with van der Waals surface area (Å²) < 4.78 is 5.06. The molecule has 0 bridgehead atoms. The molecule has 0 aliphatic heterocycles. The average Bonchev–Trinajstić information content (AvgIpc) is 2.61. The maximum Gasteiger partial charge on any atom is 0.341 e. The van der Waals surface area contributed by atoms with Gasteiger partial charge in [0, 0.05) is 17.7 Å². The molecule has 7 heteroatoms. The molecule has 1 amide bonds. The molecule has 0 saturated heterocycles. The highest BCUT2D eigenvalue weighted by molar-refractivity contribution is 5.98. The second-order valence-corrected chi connectivity index (χ2v) is 5.32. The lowest BCUT2D eigenvalue weighted by Crippen LogP contribution is -2.25. The van der Waals surface area contributed by atoms with Gasteiger partial charge in [-0.3, -0.25) is 10.2 Å². The van der Waals surface area contributed by atoms with Gasteiger partial charge in [-0.1, -0.05) is 24.3 Å². The Morgan fingerprint density at radius 2 is 1.64 bits per heavy atom. The van der Waals surface area contributed by atoms with Crippen LogP contribution in [0.1, 0.15) is 21.5 Å². The number of carboxylic acid groups (broad SMARTS) is 1. The van der Waals surface area contributed by atoms with Crippen molar-refractivity contribution in [2.75, 3.05) is 13.2 Å². The van der Waals surface area contributed by atoms with Crippen LogP contribution in [0.2, 0.25) is 0 Å². The standard InChI is InChI=1S/C18H19N3O4/c19-17(20)13-3-5-14(6-4-13)18(24)21-10-9-12-1-7-15(8-2-12)25-11-16(22)23/h1-8H,9-11H2,(H3,19,20)(H,21,24)(H,22,23). The lowest BCUT2D eigenvalue weighted by atomic mass is 10.1. The number of hydrogen-bond donors (Lipinski definition) is 4. The van der Waals surface area contributed by atoms with E-state index in [1.807, 2.05) is 12.1 Å². The van der Waals surface area contributed by atoms with Gasteiger partial charge in [0.25, 0.3) is 5.91 Å². The molecule has 0 aliphatic carbocycles. The monoisotopic (exact) mass is 341 g/mol. The molecule has 0 atom stereocenters. The number of ether oxygens (including phenoxy) is 1. The van der Waals surface area contributed by atoms with Crippen LogP contribution >= 0.6 is 0 Å². The van der Waals surface area contributed by atoms with Crippen LogP contribution in [0.15, 0.2) is 48.5 Å². The SMILES string of the molecule is N=C(N)c1ccc(C(=O)NCCc2ccc(OCC(=O)O)cc2)cc1. The molecule has 0 radical (unpaired) electrons. The molecule has 0 heterocycles. The minimum Gasteiger partial charge on any atom is -0.482 e. The molecule has 0 saturated carbocycles. The van der Waals surface area contributed by atoms with Crippen molar-refractivity contribution < 1.29 is 19.4 Å². The number of nitrogens with two attached hydrogens (primary N) is 1. The maximum absolute atomic E-state index is 12.0. The maximum atomic E-state index is 12.0. The molecule has 2 aromatic rings. The molecule has 5 N–H and O–H groups in total. The van der Waals surface area contributed by atoms with Crippen molar-refractivity contribution >= 4 is 17.7 Å². The molecule has 2 aromatic carbocycles. The second kappa shape index (κ2) is 8.49. The average molecular weight is 341 g/mol. The fourth-order valence-corrected chi connectivity index (χ4v) is 2.12. The second-order valence-electron chi connectivity index (χ2n) is 5.32. The number of hydrogen-bond acceptors (Lipinski definition) is 4. The Kier molecular flexibility index (Phi) is 6.11. The molecular formula is C18H19N3O4. The van der Waals surface area contributed by atoms with Crippen LogP contribution < -0.4 is 15.8 Å². The molecule has 0 aromatic heterocycles. The van der Waals surface area contributed by atoms with E-state index in [1.54, 1.807) is 36.4 Å². The van der Waals surface area contributed by atoms with Crippen molar-refractivity contribution in [1.29, 1.82) is 5.41 Å². The minimum atomic E-state index is -1.02. The van der Waals surface area contributed by atoms with Crippen LogP contribution in [0.4, 0.5) is 0 Å². The highest BCUT2D eigenvalue weighted by Crippen LogP contribution is 2.12. The zero-order chi connectivity index (χ0) is 18.2. The summed E-state index contributed by atoms with van der Waals surface area (Å²) in [6.07, 6.45) is 0.635. The summed E-state index contributed by atoms with van der Waals surface area (Å²) in [7, 11) is 0. The first-order chi connectivity index (χ1) is 12.0. The minimum absolute atomic E-state index is 0.0391. The number of carboxylic acids is 1. The summed E-state index contributed by atoms with van der Waals surface area (Å²) in [4.78, 5) is 22.5. The summed E-state index contributed by atoms with van der Waals surface area (Å²) >= 11 is 0. The lowest BCUT2D eigenvalue weighted by Gasteiger charge is -2.07. The van der Waals surface area contributed by atoms with Gasteiger partial charge < -0.3 is 20.9 Å². The fourth-order valence-electron chi connectivity index (χ4n) is 2.12. The Hall–Kier alpha value is -3.35. The van der Waals surface area contributed by atoms with Gasteiger partial charge in [0.2, 0.25) is 0 Å². The summed E-state index contributed by atoms with van der Waals surface area (Å²) in [5, 5.41) is 18.7. The Morgan fingerprint density at radius 1 is 1.04 bits per heavy atom. The van der Waals surface area contributed by atoms with Gasteiger partial charge in [-0.05, 0) is 36.2 Å². The van der Waals surface area contributed by atoms with Crippen molar-refractivity contribution in [3.8, 4) is 5.75 Å². The molecule has 130 valence electrons. The van der Waals surface area contributed by atoms with Crippen LogP contribution in [0.5, 0.6) is 5.75 Å². The summed E-state index contributed by atoms with van der Waals surface area (Å²) in [5.41, 5.74) is 7.44. The number of nitrogen functional groups attached to an aromatic ring is 1. The van der Waals surface area contributed by atoms with Crippen molar-refractivity contribution in [2.45, 2.75) is 6.42 Å². The van der Waals surface area contributed by atoms with E-state index in [9.17, 15) is 9.59 Å². The van der Waals surface area contributed by atoms with Crippen LogP contribution in [0, 0.1) is 5.41 Å². The number of carbonyl (C=O) groups excluding carboxylic acids is 1. The molecule has 7 nitrogen and oxygen atoms in total. The molecule has 25 heavy (non-hydrogen) atoms. The zero-order valence-corrected chi connectivity index (χ0v) is 13.5. The molecule has 0 unspecified atom stereocenters. The van der Waals surface area contributed by atoms with Crippen molar-refractivity contribution in [3.63, 3.8) is 0 Å². The normalized spacial score (nSPS) is 10.1. The van der Waals surface area contributed by atoms with Gasteiger partial charge >= 0.3 is 5.97 Å². The number of benzene rings is 2. The molecular weight excluding hydrogens is 322 g/mol. The third-order valence-corrected chi connectivity index (χ3v) is 3.44. The van der Waals surface area contributed by atoms with E-state index in [2.05, 4.69) is 5.32 Å². The highest BCUT2D eigenvalue weighted by atomic mass is 16.5. The predicted molar refractivity (Wildman–Crippen MR) is 93.1 cm³/mol. The summed E-state index contributed by atoms with van der Waals surface area (Å²) in [6, 6.07) is 13.6. The first-order valence-electron chi connectivity index (χ1n) is 7.62. The van der Waals surface area contributed by atoms with Gasteiger partial charge in [0.05, 0.1) is 0 Å². The largest absolute Gasteiger partial charge is 0.482 e. The van der Waals surface area contributed by atoms with Crippen molar-refractivity contribution in [2.24, 2.45) is 5.73 Å². The molecule has 2 rings (SSSR count). The van der Waals surface area contributed by atoms with Crippen LogP contribution in [0.25, 0.3) is 0 Å². The number of aliphatic carboxylic acids is 1. The Labute approximate surface area is 144 Å². The highest BCUT2D eigenvalue weighted by Gasteiger charge is 2.06. The number of amidine groups is 1. The molecule has 0 fully saturated rings. The predicted octanol–water partition coefficient (Wildman–Crippen LogP) is 1.41. The van der Waals surface area contributed by atoms with E-state index in [0.717, 1.165) is 5.56 Å². The van der Waals surface area contributed by atoms with Crippen LogP contribution in [-0.2, 0) is 11.2 Å². The smallest absolute Gasteiger partial charge is 0.341 e. The zero-order valence-electron chi connectivity index (χ0n) is 13.5. The first-order valence-corrected chi connectivity index (χ1v) is 7.62. The van der Waals surface area contributed by atoms with Crippen molar-refractivity contribution in [3.05, 3.63) is 65.2 Å². The summed E-state index contributed by atoms with van der Waals surface area (Å²) in [5.74, 6) is -0.775. The number of nitrogens with one attached hydrogen (secondary N) is 2. The van der Waals surface area contributed by atoms with Gasteiger partial charge in [-0.15, -0.1) is 0 Å². The molecule has 0 spiro atoms. The van der Waals surface area contributed by atoms with Crippen LogP contribution in [0.3, 0.4) is 0 Å². The Balaban J connectivity index is 1.80. The van der Waals surface area contributed by atoms with Gasteiger partial charge in [0.15, 0.2) is 6.61 Å². The van der Waals surface area contributed by atoms with E-state index >= 15 is 0 Å². The summed E-state index contributed by atoms with van der Waals surface area (Å²) in [6.45, 7) is 0.0838. The third-order valence-electron chi connectivity index (χ3n) is 3.44. The van der Waals surface area contributed by atoms with Gasteiger partial charge in [-0.2, -0.15) is 0 Å². The van der Waals surface area contributed by atoms with Gasteiger partial charge in [-0.25, -0.2) is 4.79 Å². The number of rotatable bonds is 8. The third kappa shape index (κ3) is 5.65. The topological polar surface area (TPSA) is 126 Å². The Bertz CT molecular complexity index is 755. The quantitative estimate of drug-likeness (QED) is 0.427. The van der Waals surface area contributed by atoms with Crippen molar-refractivity contribution in [1.82, 2.24) is 5.32 Å². The number of amides is 1. The van der Waals surface area contributed by atoms with Gasteiger partial charge in [0.1, 0.15) is 11.6 Å². The van der Waals surface area contributed by atoms with Crippen LogP contribution in [-0.4, -0.2) is 36.0 Å². The van der Waals surface area contributed by atoms with E-state index in [1.165, 1.54) is 0 Å². The van der Waals surface area contributed by atoms with E-state index in [0.29, 0.717) is 29.8 Å². The fraction of sp³-hybridized carbons (Fsp3) is 0.167. The molecule has 0 aliphatic rings. The van der Waals surface area contributed by atoms with E-state index < -0.39 is 5.97 Å². The van der Waals surface area contributed by atoms with E-state index in [-0.39, 0.29) is 18.3 Å². The Morgan fingerprint density at radius 3 is 2.20 bits per heavy atom. The number of carbonyl (C=O) groups is 2. The lowest BCUT2D eigenvalue weighted by molar-refractivity contribution is -0.139. The van der Waals surface area contributed by atoms with E-state index in [4.69, 9.17) is 21.0 Å².